The Morgan fingerprint density at radius 3 is 2.46 bits per heavy atom. The zero-order chi connectivity index (χ0) is 17.5. The predicted molar refractivity (Wildman–Crippen MR) is 101 cm³/mol. The number of nitrogens with zero attached hydrogens (tertiary/aromatic N) is 7. The van der Waals surface area contributed by atoms with Crippen molar-refractivity contribution in [2.75, 3.05) is 49.1 Å². The van der Waals surface area contributed by atoms with Crippen LogP contribution in [0.1, 0.15) is 23.5 Å². The molecule has 3 aliphatic rings. The van der Waals surface area contributed by atoms with E-state index in [0.29, 0.717) is 6.04 Å². The largest absolute Gasteiger partial charge is 0.353 e. The van der Waals surface area contributed by atoms with Gasteiger partial charge in [0, 0.05) is 69.0 Å². The lowest BCUT2D eigenvalue weighted by atomic mass is 10.0. The van der Waals surface area contributed by atoms with E-state index in [2.05, 4.69) is 29.7 Å². The van der Waals surface area contributed by atoms with E-state index < -0.39 is 0 Å². The first-order valence-electron chi connectivity index (χ1n) is 9.65. The van der Waals surface area contributed by atoms with Gasteiger partial charge in [0.05, 0.1) is 0 Å². The zero-order valence-corrected chi connectivity index (χ0v) is 15.3. The first kappa shape index (κ1) is 15.9. The molecule has 5 rings (SSSR count). The molecule has 0 aromatic carbocycles. The molecule has 2 aliphatic heterocycles. The van der Waals surface area contributed by atoms with Crippen LogP contribution >= 0.6 is 0 Å². The third-order valence-electron chi connectivity index (χ3n) is 5.85. The summed E-state index contributed by atoms with van der Waals surface area (Å²) in [5.41, 5.74) is 2.69. The summed E-state index contributed by atoms with van der Waals surface area (Å²) in [6, 6.07) is 2.51. The minimum absolute atomic E-state index is 0.640. The fourth-order valence-electron chi connectivity index (χ4n) is 4.40. The second kappa shape index (κ2) is 6.46. The van der Waals surface area contributed by atoms with Crippen molar-refractivity contribution in [3.8, 4) is 0 Å². The van der Waals surface area contributed by atoms with Crippen LogP contribution in [0.3, 0.4) is 0 Å². The average molecular weight is 351 g/mol. The molecular formula is C19H25N7. The minimum Gasteiger partial charge on any atom is -0.353 e. The van der Waals surface area contributed by atoms with Gasteiger partial charge in [-0.1, -0.05) is 0 Å². The highest BCUT2D eigenvalue weighted by Gasteiger charge is 2.36. The maximum atomic E-state index is 4.77. The van der Waals surface area contributed by atoms with Crippen LogP contribution in [0.2, 0.25) is 0 Å². The van der Waals surface area contributed by atoms with Crippen molar-refractivity contribution in [3.63, 3.8) is 0 Å². The van der Waals surface area contributed by atoms with Crippen LogP contribution in [-0.2, 0) is 12.8 Å². The van der Waals surface area contributed by atoms with Gasteiger partial charge in [-0.05, 0) is 32.3 Å². The number of fused-ring (bicyclic) bond motifs is 1. The van der Waals surface area contributed by atoms with Crippen molar-refractivity contribution < 1.29 is 0 Å². The van der Waals surface area contributed by atoms with Crippen LogP contribution in [0.15, 0.2) is 18.5 Å². The Hall–Kier alpha value is -2.28. The fourth-order valence-corrected chi connectivity index (χ4v) is 4.40. The highest BCUT2D eigenvalue weighted by molar-refractivity contribution is 5.53. The highest BCUT2D eigenvalue weighted by atomic mass is 15.4. The molecule has 2 aromatic rings. The average Bonchev–Trinajstić information content (AvgIpc) is 3.10. The van der Waals surface area contributed by atoms with Crippen LogP contribution in [0.25, 0.3) is 0 Å². The van der Waals surface area contributed by atoms with Crippen LogP contribution in [-0.4, -0.2) is 70.1 Å². The van der Waals surface area contributed by atoms with Crippen molar-refractivity contribution in [3.05, 3.63) is 35.5 Å². The molecule has 7 nitrogen and oxygen atoms in total. The van der Waals surface area contributed by atoms with E-state index >= 15 is 0 Å². The Morgan fingerprint density at radius 1 is 0.923 bits per heavy atom. The topological polar surface area (TPSA) is 61.3 Å². The number of rotatable bonds is 3. The van der Waals surface area contributed by atoms with Gasteiger partial charge in [0.1, 0.15) is 11.6 Å². The maximum Gasteiger partial charge on any atom is 0.225 e. The van der Waals surface area contributed by atoms with E-state index in [4.69, 9.17) is 4.98 Å². The zero-order valence-electron chi connectivity index (χ0n) is 15.3. The number of hydrogen-bond donors (Lipinski definition) is 0. The standard InChI is InChI=1S/C19H25N7/c1-14-22-17-5-2-4-16(17)18(23-14)26-12-15(13-26)24-8-10-25(11-9-24)19-20-6-3-7-21-19/h3,6-7,15H,2,4-5,8-13H2,1H3. The third-order valence-corrected chi connectivity index (χ3v) is 5.85. The molecule has 2 saturated heterocycles. The van der Waals surface area contributed by atoms with Gasteiger partial charge in [0.2, 0.25) is 5.95 Å². The van der Waals surface area contributed by atoms with E-state index in [1.807, 2.05) is 25.4 Å². The molecule has 0 N–H and O–H groups in total. The number of aryl methyl sites for hydroxylation is 2. The van der Waals surface area contributed by atoms with Crippen LogP contribution < -0.4 is 9.80 Å². The Kier molecular flexibility index (Phi) is 3.96. The number of aromatic nitrogens is 4. The van der Waals surface area contributed by atoms with E-state index in [1.165, 1.54) is 23.5 Å². The van der Waals surface area contributed by atoms with Gasteiger partial charge >= 0.3 is 0 Å². The normalized spacial score (nSPS) is 21.0. The summed E-state index contributed by atoms with van der Waals surface area (Å²) >= 11 is 0. The van der Waals surface area contributed by atoms with E-state index in [0.717, 1.165) is 63.9 Å². The Balaban J connectivity index is 1.20. The second-order valence-corrected chi connectivity index (χ2v) is 7.50. The Morgan fingerprint density at radius 2 is 1.69 bits per heavy atom. The third kappa shape index (κ3) is 2.80. The van der Waals surface area contributed by atoms with Gasteiger partial charge < -0.3 is 9.80 Å². The van der Waals surface area contributed by atoms with Crippen molar-refractivity contribution in [2.24, 2.45) is 0 Å². The summed E-state index contributed by atoms with van der Waals surface area (Å²) in [5.74, 6) is 2.98. The van der Waals surface area contributed by atoms with Gasteiger partial charge in [-0.25, -0.2) is 19.9 Å². The van der Waals surface area contributed by atoms with Gasteiger partial charge in [0.15, 0.2) is 0 Å². The molecule has 2 fully saturated rings. The SMILES string of the molecule is Cc1nc2c(c(N3CC(N4CCN(c5ncccn5)CC4)C3)n1)CCC2. The van der Waals surface area contributed by atoms with E-state index in [1.54, 1.807) is 0 Å². The van der Waals surface area contributed by atoms with Crippen molar-refractivity contribution in [2.45, 2.75) is 32.2 Å². The molecule has 2 aromatic heterocycles. The maximum absolute atomic E-state index is 4.77. The summed E-state index contributed by atoms with van der Waals surface area (Å²) in [5, 5.41) is 0. The molecule has 26 heavy (non-hydrogen) atoms. The smallest absolute Gasteiger partial charge is 0.225 e. The molecule has 0 radical (unpaired) electrons. The van der Waals surface area contributed by atoms with Gasteiger partial charge in [-0.2, -0.15) is 0 Å². The van der Waals surface area contributed by atoms with Gasteiger partial charge in [-0.15, -0.1) is 0 Å². The predicted octanol–water partition coefficient (Wildman–Crippen LogP) is 1.07. The lowest BCUT2D eigenvalue weighted by Gasteiger charge is -2.49. The summed E-state index contributed by atoms with van der Waals surface area (Å²) < 4.78 is 0. The quantitative estimate of drug-likeness (QED) is 0.820. The first-order valence-corrected chi connectivity index (χ1v) is 9.65. The van der Waals surface area contributed by atoms with Crippen molar-refractivity contribution in [1.82, 2.24) is 24.8 Å². The first-order chi connectivity index (χ1) is 12.8. The highest BCUT2D eigenvalue weighted by Crippen LogP contribution is 2.32. The summed E-state index contributed by atoms with van der Waals surface area (Å²) in [7, 11) is 0. The Labute approximate surface area is 154 Å². The number of hydrogen-bond acceptors (Lipinski definition) is 7. The molecule has 1 aliphatic carbocycles. The lowest BCUT2D eigenvalue weighted by molar-refractivity contribution is 0.156. The van der Waals surface area contributed by atoms with Crippen molar-refractivity contribution >= 4 is 11.8 Å². The van der Waals surface area contributed by atoms with Crippen LogP contribution in [0, 0.1) is 6.92 Å². The summed E-state index contributed by atoms with van der Waals surface area (Å²) in [4.78, 5) is 25.5. The minimum atomic E-state index is 0.640. The second-order valence-electron chi connectivity index (χ2n) is 7.50. The van der Waals surface area contributed by atoms with Crippen LogP contribution in [0.5, 0.6) is 0 Å². The Bertz CT molecular complexity index is 780. The fraction of sp³-hybridized carbons (Fsp3) is 0.579. The van der Waals surface area contributed by atoms with E-state index in [9.17, 15) is 0 Å². The number of piperazine rings is 1. The van der Waals surface area contributed by atoms with Crippen molar-refractivity contribution in [1.29, 1.82) is 0 Å². The summed E-state index contributed by atoms with van der Waals surface area (Å²) in [6.45, 7) is 8.36. The molecular weight excluding hydrogens is 326 g/mol. The monoisotopic (exact) mass is 351 g/mol. The molecule has 0 spiro atoms. The molecule has 7 heteroatoms. The molecule has 0 atom stereocenters. The molecule has 0 bridgehead atoms. The summed E-state index contributed by atoms with van der Waals surface area (Å²) in [6.07, 6.45) is 7.12. The molecule has 0 unspecified atom stereocenters. The van der Waals surface area contributed by atoms with Gasteiger partial charge in [0.25, 0.3) is 0 Å². The van der Waals surface area contributed by atoms with E-state index in [-0.39, 0.29) is 0 Å². The molecule has 4 heterocycles. The lowest BCUT2D eigenvalue weighted by Crippen LogP contribution is -2.63. The molecule has 0 amide bonds. The van der Waals surface area contributed by atoms with Crippen LogP contribution in [0.4, 0.5) is 11.8 Å². The number of anilines is 2. The molecule has 0 saturated carbocycles. The van der Waals surface area contributed by atoms with Gasteiger partial charge in [-0.3, -0.25) is 4.90 Å². The molecule has 136 valence electrons.